The van der Waals surface area contributed by atoms with Gasteiger partial charge in [0.05, 0.1) is 24.4 Å². The Labute approximate surface area is 216 Å². The third kappa shape index (κ3) is 5.09. The second-order valence-corrected chi connectivity index (χ2v) is 10.7. The molecule has 13 heteroatoms. The number of aromatic carboxylic acids is 1. The van der Waals surface area contributed by atoms with Crippen molar-refractivity contribution in [1.29, 1.82) is 0 Å². The fourth-order valence-electron chi connectivity index (χ4n) is 4.62. The maximum atomic E-state index is 15.4. The number of nitrogens with zero attached hydrogens (tertiary/aromatic N) is 3. The quantitative estimate of drug-likeness (QED) is 0.397. The van der Waals surface area contributed by atoms with Crippen LogP contribution in [-0.4, -0.2) is 59.2 Å². The van der Waals surface area contributed by atoms with E-state index >= 15 is 4.39 Å². The monoisotopic (exact) mass is 553 g/mol. The molecule has 1 aliphatic rings. The predicted molar refractivity (Wildman–Crippen MR) is 136 cm³/mol. The molecule has 38 heavy (non-hydrogen) atoms. The first-order valence-electron chi connectivity index (χ1n) is 12.0. The Morgan fingerprint density at radius 3 is 2.32 bits per heavy atom. The van der Waals surface area contributed by atoms with Crippen LogP contribution in [0.1, 0.15) is 31.1 Å². The molecule has 204 valence electrons. The first-order chi connectivity index (χ1) is 18.0. The Morgan fingerprint density at radius 2 is 1.74 bits per heavy atom. The number of rotatable bonds is 8. The number of benzene rings is 2. The molecular formula is C25H27F3N3O6P. The number of pyridine rings is 1. The van der Waals surface area contributed by atoms with Gasteiger partial charge >= 0.3 is 13.7 Å². The van der Waals surface area contributed by atoms with Crippen LogP contribution in [0.15, 0.2) is 41.3 Å². The first kappa shape index (κ1) is 27.8. The van der Waals surface area contributed by atoms with Gasteiger partial charge in [0.1, 0.15) is 11.4 Å². The minimum atomic E-state index is -3.55. The van der Waals surface area contributed by atoms with Crippen molar-refractivity contribution < 1.29 is 36.7 Å². The molecule has 1 aliphatic heterocycles. The Balaban J connectivity index is 1.81. The molecule has 0 amide bonds. The minimum absolute atomic E-state index is 0.0431. The van der Waals surface area contributed by atoms with E-state index in [1.165, 1.54) is 16.7 Å². The number of aromatic nitrogens is 1. The van der Waals surface area contributed by atoms with Crippen molar-refractivity contribution in [3.8, 4) is 5.69 Å². The lowest BCUT2D eigenvalue weighted by Gasteiger charge is -2.42. The van der Waals surface area contributed by atoms with Gasteiger partial charge in [0.15, 0.2) is 11.6 Å². The molecule has 0 aliphatic carbocycles. The summed E-state index contributed by atoms with van der Waals surface area (Å²) in [5, 5.41) is 9.29. The van der Waals surface area contributed by atoms with Crippen molar-refractivity contribution in [2.45, 2.75) is 26.8 Å². The zero-order chi connectivity index (χ0) is 27.8. The van der Waals surface area contributed by atoms with Crippen LogP contribution < -0.4 is 10.3 Å². The zero-order valence-electron chi connectivity index (χ0n) is 21.0. The average molecular weight is 553 g/mol. The molecule has 0 saturated carbocycles. The van der Waals surface area contributed by atoms with Crippen LogP contribution in [-0.2, 0) is 13.6 Å². The van der Waals surface area contributed by atoms with Gasteiger partial charge in [-0.3, -0.25) is 13.8 Å². The lowest BCUT2D eigenvalue weighted by molar-refractivity contribution is 0.0695. The molecule has 3 aromatic rings. The highest BCUT2D eigenvalue weighted by molar-refractivity contribution is 7.51. The first-order valence-corrected chi connectivity index (χ1v) is 13.5. The third-order valence-corrected chi connectivity index (χ3v) is 8.71. The fourth-order valence-corrected chi connectivity index (χ4v) is 6.53. The van der Waals surface area contributed by atoms with Crippen LogP contribution in [0.3, 0.4) is 0 Å². The van der Waals surface area contributed by atoms with Gasteiger partial charge in [-0.05, 0) is 45.0 Å². The van der Waals surface area contributed by atoms with E-state index in [4.69, 9.17) is 9.05 Å². The Kier molecular flexibility index (Phi) is 7.98. The van der Waals surface area contributed by atoms with Gasteiger partial charge in [-0.15, -0.1) is 0 Å². The molecule has 1 unspecified atom stereocenters. The highest BCUT2D eigenvalue weighted by Gasteiger charge is 2.40. The largest absolute Gasteiger partial charge is 0.477 e. The van der Waals surface area contributed by atoms with Gasteiger partial charge in [-0.1, -0.05) is 0 Å². The summed E-state index contributed by atoms with van der Waals surface area (Å²) >= 11 is 0. The summed E-state index contributed by atoms with van der Waals surface area (Å²) in [6.45, 7) is 6.27. The van der Waals surface area contributed by atoms with E-state index in [-0.39, 0.29) is 61.2 Å². The molecule has 0 bridgehead atoms. The molecule has 2 heterocycles. The summed E-state index contributed by atoms with van der Waals surface area (Å²) in [5.74, 6) is -4.60. The minimum Gasteiger partial charge on any atom is -0.477 e. The van der Waals surface area contributed by atoms with Crippen LogP contribution in [0.25, 0.3) is 16.6 Å². The number of anilines is 1. The molecule has 1 atom stereocenters. The van der Waals surface area contributed by atoms with E-state index in [1.54, 1.807) is 30.3 Å². The zero-order valence-corrected chi connectivity index (χ0v) is 21.9. The van der Waals surface area contributed by atoms with E-state index in [1.807, 2.05) is 0 Å². The highest BCUT2D eigenvalue weighted by atomic mass is 31.2. The van der Waals surface area contributed by atoms with Crippen molar-refractivity contribution in [2.24, 2.45) is 0 Å². The smallest absolute Gasteiger partial charge is 0.408 e. The number of carbonyl (C=O) groups is 1. The maximum Gasteiger partial charge on any atom is 0.408 e. The topological polar surface area (TPSA) is 101 Å². The molecule has 0 radical (unpaired) electrons. The number of hydrogen-bond acceptors (Lipinski definition) is 6. The van der Waals surface area contributed by atoms with E-state index < -0.39 is 42.2 Å². The Bertz CT molecular complexity index is 1490. The van der Waals surface area contributed by atoms with Crippen molar-refractivity contribution in [3.05, 3.63) is 69.8 Å². The van der Waals surface area contributed by atoms with Crippen LogP contribution in [0.5, 0.6) is 0 Å². The second kappa shape index (κ2) is 10.9. The average Bonchev–Trinajstić information content (AvgIpc) is 2.86. The third-order valence-electron chi connectivity index (χ3n) is 6.32. The lowest BCUT2D eigenvalue weighted by atomic mass is 10.1. The molecule has 4 rings (SSSR count). The van der Waals surface area contributed by atoms with Crippen molar-refractivity contribution in [2.75, 3.05) is 37.7 Å². The molecule has 0 spiro atoms. The number of fused-ring (bicyclic) bond motifs is 1. The summed E-state index contributed by atoms with van der Waals surface area (Å²) in [6, 6.07) is 4.88. The van der Waals surface area contributed by atoms with E-state index in [9.17, 15) is 28.0 Å². The van der Waals surface area contributed by atoms with Crippen LogP contribution in [0.2, 0.25) is 0 Å². The van der Waals surface area contributed by atoms with Gasteiger partial charge in [-0.25, -0.2) is 27.2 Å². The van der Waals surface area contributed by atoms with E-state index in [0.717, 1.165) is 24.4 Å². The molecule has 1 aromatic heterocycles. The molecule has 1 N–H and O–H groups in total. The molecule has 1 saturated heterocycles. The summed E-state index contributed by atoms with van der Waals surface area (Å²) in [5.41, 5.74) is -1.32. The second-order valence-electron chi connectivity index (χ2n) is 8.73. The Hall–Kier alpha value is -3.18. The van der Waals surface area contributed by atoms with Crippen molar-refractivity contribution in [1.82, 2.24) is 9.24 Å². The van der Waals surface area contributed by atoms with E-state index in [0.29, 0.717) is 0 Å². The summed E-state index contributed by atoms with van der Waals surface area (Å²) in [4.78, 5) is 26.3. The molecule has 9 nitrogen and oxygen atoms in total. The number of hydrogen-bond donors (Lipinski definition) is 1. The van der Waals surface area contributed by atoms with Gasteiger partial charge in [0.25, 0.3) is 0 Å². The van der Waals surface area contributed by atoms with E-state index in [2.05, 4.69) is 0 Å². The van der Waals surface area contributed by atoms with Crippen LogP contribution in [0, 0.1) is 17.5 Å². The summed E-state index contributed by atoms with van der Waals surface area (Å²) < 4.78 is 70.0. The normalized spacial score (nSPS) is 16.8. The number of carboxylic acid groups (broad SMARTS) is 1. The van der Waals surface area contributed by atoms with Crippen molar-refractivity contribution in [3.63, 3.8) is 0 Å². The number of halogens is 3. The maximum absolute atomic E-state index is 15.4. The molecule has 2 aromatic carbocycles. The Morgan fingerprint density at radius 1 is 1.05 bits per heavy atom. The van der Waals surface area contributed by atoms with Crippen molar-refractivity contribution >= 4 is 30.3 Å². The van der Waals surface area contributed by atoms with Crippen LogP contribution in [0.4, 0.5) is 18.9 Å². The summed E-state index contributed by atoms with van der Waals surface area (Å²) in [6.07, 6.45) is 1.00. The van der Waals surface area contributed by atoms with Gasteiger partial charge in [0.2, 0.25) is 5.43 Å². The molecular weight excluding hydrogens is 526 g/mol. The van der Waals surface area contributed by atoms with Gasteiger partial charge in [-0.2, -0.15) is 0 Å². The fraction of sp³-hybridized carbons (Fsp3) is 0.360. The SMILES string of the molecule is CCOP(=O)(OCC)N1CCN(c2cc3c(cc2F)c(=O)c(C(=O)O)cn3-c2ccc(F)c(F)c2)CC1C. The number of piperazine rings is 1. The predicted octanol–water partition coefficient (Wildman–Crippen LogP) is 4.80. The van der Waals surface area contributed by atoms with Gasteiger partial charge < -0.3 is 14.6 Å². The molecule has 1 fully saturated rings. The standard InChI is InChI=1S/C25H27F3N3O6P/c1-4-36-38(35,37-5-2)31-9-8-29(13-15(31)3)23-12-22-17(11-21(23)28)24(32)18(25(33)34)14-30(22)16-6-7-19(26)20(27)10-16/h6-7,10-12,14-15H,4-5,8-9,13H2,1-3H3,(H,33,34). The van der Waals surface area contributed by atoms with Crippen LogP contribution >= 0.6 is 7.75 Å². The highest BCUT2D eigenvalue weighted by Crippen LogP contribution is 2.53. The summed E-state index contributed by atoms with van der Waals surface area (Å²) in [7, 11) is -3.55. The number of carboxylic acids is 1. The lowest BCUT2D eigenvalue weighted by Crippen LogP contribution is -2.51. The van der Waals surface area contributed by atoms with Gasteiger partial charge in [0, 0.05) is 49.0 Å².